The molecular weight excluding hydrogens is 293 g/mol. The topological polar surface area (TPSA) is 46.2 Å². The molecule has 0 aromatic heterocycles. The van der Waals surface area contributed by atoms with Crippen molar-refractivity contribution in [3.05, 3.63) is 29.3 Å². The number of hydrogen-bond acceptors (Lipinski definition) is 2. The number of rotatable bonds is 6. The monoisotopic (exact) mass is 309 g/mol. The Balaban J connectivity index is 3.01. The van der Waals surface area contributed by atoms with Crippen LogP contribution in [0.2, 0.25) is 5.02 Å². The predicted octanol–water partition coefficient (Wildman–Crippen LogP) is 3.42. The van der Waals surface area contributed by atoms with Crippen LogP contribution in [0, 0.1) is 0 Å². The molecular formula is C12H17Cl2NO2S. The van der Waals surface area contributed by atoms with E-state index in [4.69, 9.17) is 23.2 Å². The molecule has 18 heavy (non-hydrogen) atoms. The molecule has 1 aromatic carbocycles. The smallest absolute Gasteiger partial charge is 0.207 e. The molecule has 0 amide bonds. The molecule has 0 saturated carbocycles. The highest BCUT2D eigenvalue weighted by Gasteiger charge is 2.28. The lowest BCUT2D eigenvalue weighted by Gasteiger charge is -2.28. The zero-order valence-corrected chi connectivity index (χ0v) is 12.7. The third-order valence-corrected chi connectivity index (χ3v) is 4.97. The van der Waals surface area contributed by atoms with Crippen molar-refractivity contribution in [1.82, 2.24) is 4.72 Å². The highest BCUT2D eigenvalue weighted by atomic mass is 35.5. The number of halogens is 2. The van der Waals surface area contributed by atoms with Crippen LogP contribution in [0.3, 0.4) is 0 Å². The lowest BCUT2D eigenvalue weighted by molar-refractivity contribution is 0.390. The van der Waals surface area contributed by atoms with Crippen LogP contribution >= 0.6 is 23.2 Å². The van der Waals surface area contributed by atoms with Crippen molar-refractivity contribution >= 4 is 33.2 Å². The lowest BCUT2D eigenvalue weighted by atomic mass is 9.97. The minimum absolute atomic E-state index is 0.171. The Labute approximate surface area is 119 Å². The molecule has 0 fully saturated rings. The summed E-state index contributed by atoms with van der Waals surface area (Å²) < 4.78 is 27.1. The van der Waals surface area contributed by atoms with Gasteiger partial charge in [-0.3, -0.25) is 0 Å². The van der Waals surface area contributed by atoms with Crippen LogP contribution in [-0.2, 0) is 10.0 Å². The molecule has 0 heterocycles. The second kappa shape index (κ2) is 6.24. The zero-order chi connectivity index (χ0) is 13.8. The fourth-order valence-electron chi connectivity index (χ4n) is 1.53. The molecule has 3 nitrogen and oxygen atoms in total. The molecule has 0 aliphatic rings. The van der Waals surface area contributed by atoms with Gasteiger partial charge in [0.1, 0.15) is 0 Å². The van der Waals surface area contributed by atoms with E-state index in [9.17, 15) is 8.42 Å². The highest BCUT2D eigenvalue weighted by Crippen LogP contribution is 2.21. The molecule has 1 rings (SSSR count). The van der Waals surface area contributed by atoms with Gasteiger partial charge in [-0.2, -0.15) is 0 Å². The average Bonchev–Trinajstić information content (AvgIpc) is 2.28. The number of benzene rings is 1. The van der Waals surface area contributed by atoms with Gasteiger partial charge in [-0.1, -0.05) is 24.6 Å². The minimum atomic E-state index is -3.57. The lowest BCUT2D eigenvalue weighted by Crippen LogP contribution is -2.45. The van der Waals surface area contributed by atoms with E-state index in [1.54, 1.807) is 12.1 Å². The maximum Gasteiger partial charge on any atom is 0.241 e. The summed E-state index contributed by atoms with van der Waals surface area (Å²) >= 11 is 11.5. The van der Waals surface area contributed by atoms with Gasteiger partial charge in [0.05, 0.1) is 4.90 Å². The van der Waals surface area contributed by atoms with E-state index in [-0.39, 0.29) is 4.90 Å². The Bertz CT molecular complexity index is 505. The van der Waals surface area contributed by atoms with Crippen LogP contribution < -0.4 is 4.72 Å². The average molecular weight is 310 g/mol. The van der Waals surface area contributed by atoms with E-state index in [1.807, 2.05) is 13.8 Å². The van der Waals surface area contributed by atoms with E-state index < -0.39 is 15.6 Å². The van der Waals surface area contributed by atoms with Gasteiger partial charge in [-0.25, -0.2) is 13.1 Å². The Hall–Kier alpha value is -0.290. The molecule has 1 atom stereocenters. The molecule has 1 aromatic rings. The predicted molar refractivity (Wildman–Crippen MR) is 75.8 cm³/mol. The Morgan fingerprint density at radius 2 is 2.06 bits per heavy atom. The standard InChI is InChI=1S/C12H17Cl2NO2S/c1-3-12(2,7-8-13)15-18(16,17)11-6-4-5-10(14)9-11/h4-6,9,15H,3,7-8H2,1-2H3. The normalized spacial score (nSPS) is 15.3. The fraction of sp³-hybridized carbons (Fsp3) is 0.500. The Morgan fingerprint density at radius 3 is 2.56 bits per heavy atom. The van der Waals surface area contributed by atoms with Crippen molar-refractivity contribution in [2.24, 2.45) is 0 Å². The van der Waals surface area contributed by atoms with E-state index in [2.05, 4.69) is 4.72 Å². The van der Waals surface area contributed by atoms with Crippen molar-refractivity contribution < 1.29 is 8.42 Å². The van der Waals surface area contributed by atoms with Crippen LogP contribution in [0.15, 0.2) is 29.2 Å². The Kier molecular flexibility index (Phi) is 5.46. The van der Waals surface area contributed by atoms with Crippen LogP contribution in [0.1, 0.15) is 26.7 Å². The fourth-order valence-corrected chi connectivity index (χ4v) is 3.75. The van der Waals surface area contributed by atoms with Crippen molar-refractivity contribution in [2.45, 2.75) is 37.1 Å². The second-order valence-corrected chi connectivity index (χ2v) is 6.91. The van der Waals surface area contributed by atoms with Crippen LogP contribution in [-0.4, -0.2) is 19.8 Å². The van der Waals surface area contributed by atoms with Crippen molar-refractivity contribution in [2.75, 3.05) is 5.88 Å². The maximum atomic E-state index is 12.2. The summed E-state index contributed by atoms with van der Waals surface area (Å²) in [6.45, 7) is 3.77. The number of alkyl halides is 1. The summed E-state index contributed by atoms with van der Waals surface area (Å²) in [5, 5.41) is 0.397. The first-order chi connectivity index (χ1) is 8.33. The summed E-state index contributed by atoms with van der Waals surface area (Å²) in [5.74, 6) is 0.405. The molecule has 0 saturated heterocycles. The molecule has 1 N–H and O–H groups in total. The van der Waals surface area contributed by atoms with Gasteiger partial charge in [0.15, 0.2) is 0 Å². The summed E-state index contributed by atoms with van der Waals surface area (Å²) in [7, 11) is -3.57. The SMILES string of the molecule is CCC(C)(CCCl)NS(=O)(=O)c1cccc(Cl)c1. The van der Waals surface area contributed by atoms with Gasteiger partial charge in [0, 0.05) is 16.4 Å². The molecule has 1 unspecified atom stereocenters. The van der Waals surface area contributed by atoms with Crippen LogP contribution in [0.4, 0.5) is 0 Å². The van der Waals surface area contributed by atoms with Gasteiger partial charge in [-0.15, -0.1) is 11.6 Å². The third kappa shape index (κ3) is 4.12. The van der Waals surface area contributed by atoms with Gasteiger partial charge in [0.2, 0.25) is 10.0 Å². The maximum absolute atomic E-state index is 12.2. The molecule has 0 spiro atoms. The first kappa shape index (κ1) is 15.8. The van der Waals surface area contributed by atoms with Crippen LogP contribution in [0.5, 0.6) is 0 Å². The largest absolute Gasteiger partial charge is 0.241 e. The van der Waals surface area contributed by atoms with Gasteiger partial charge < -0.3 is 0 Å². The van der Waals surface area contributed by atoms with Crippen molar-refractivity contribution in [3.63, 3.8) is 0 Å². The quantitative estimate of drug-likeness (QED) is 0.818. The van der Waals surface area contributed by atoms with Gasteiger partial charge >= 0.3 is 0 Å². The van der Waals surface area contributed by atoms with E-state index in [0.29, 0.717) is 23.7 Å². The minimum Gasteiger partial charge on any atom is -0.207 e. The summed E-state index contributed by atoms with van der Waals surface area (Å²) in [6.07, 6.45) is 1.24. The summed E-state index contributed by atoms with van der Waals surface area (Å²) in [5.41, 5.74) is -0.539. The number of nitrogens with one attached hydrogen (secondary N) is 1. The van der Waals surface area contributed by atoms with E-state index in [1.165, 1.54) is 12.1 Å². The Morgan fingerprint density at radius 1 is 1.39 bits per heavy atom. The van der Waals surface area contributed by atoms with E-state index in [0.717, 1.165) is 0 Å². The third-order valence-electron chi connectivity index (χ3n) is 2.91. The molecule has 0 aliphatic carbocycles. The number of hydrogen-bond donors (Lipinski definition) is 1. The van der Waals surface area contributed by atoms with Gasteiger partial charge in [-0.05, 0) is 38.0 Å². The van der Waals surface area contributed by atoms with Crippen molar-refractivity contribution in [1.29, 1.82) is 0 Å². The number of sulfonamides is 1. The van der Waals surface area contributed by atoms with Crippen molar-refractivity contribution in [3.8, 4) is 0 Å². The second-order valence-electron chi connectivity index (χ2n) is 4.42. The van der Waals surface area contributed by atoms with Gasteiger partial charge in [0.25, 0.3) is 0 Å². The molecule has 6 heteroatoms. The van der Waals surface area contributed by atoms with Crippen LogP contribution in [0.25, 0.3) is 0 Å². The highest BCUT2D eigenvalue weighted by molar-refractivity contribution is 7.89. The molecule has 0 radical (unpaired) electrons. The molecule has 0 aliphatic heterocycles. The van der Waals surface area contributed by atoms with E-state index >= 15 is 0 Å². The summed E-state index contributed by atoms with van der Waals surface area (Å²) in [6, 6.07) is 6.20. The summed E-state index contributed by atoms with van der Waals surface area (Å²) in [4.78, 5) is 0.171. The first-order valence-corrected chi connectivity index (χ1v) is 8.08. The first-order valence-electron chi connectivity index (χ1n) is 5.68. The molecule has 102 valence electrons. The zero-order valence-electron chi connectivity index (χ0n) is 10.4. The molecule has 0 bridgehead atoms.